The van der Waals surface area contributed by atoms with Gasteiger partial charge in [0, 0.05) is 25.9 Å². The van der Waals surface area contributed by atoms with Gasteiger partial charge in [-0.05, 0) is 37.9 Å². The second-order valence-electron chi connectivity index (χ2n) is 4.76. The van der Waals surface area contributed by atoms with E-state index in [0.29, 0.717) is 12.6 Å². The number of hydrogen-bond donors (Lipinski definition) is 1. The van der Waals surface area contributed by atoms with E-state index in [2.05, 4.69) is 30.0 Å². The Hall–Kier alpha value is -1.06. The molecule has 1 aromatic rings. The maximum Gasteiger partial charge on any atom is 0.0762 e. The van der Waals surface area contributed by atoms with E-state index in [1.807, 2.05) is 0 Å². The number of anilines is 1. The normalized spacial score (nSPS) is 19.9. The number of nitrogens with zero attached hydrogens (tertiary/aromatic N) is 1. The number of aryl methyl sites for hydroxylation is 1. The highest BCUT2D eigenvalue weighted by molar-refractivity contribution is 5.56. The first-order valence-electron chi connectivity index (χ1n) is 6.32. The lowest BCUT2D eigenvalue weighted by Gasteiger charge is -2.22. The van der Waals surface area contributed by atoms with Crippen LogP contribution in [0.25, 0.3) is 0 Å². The van der Waals surface area contributed by atoms with Crippen molar-refractivity contribution in [1.82, 2.24) is 0 Å². The van der Waals surface area contributed by atoms with Gasteiger partial charge in [0.15, 0.2) is 0 Å². The summed E-state index contributed by atoms with van der Waals surface area (Å²) < 4.78 is 5.42. The molecule has 1 saturated heterocycles. The minimum Gasteiger partial charge on any atom is -0.380 e. The Morgan fingerprint density at radius 2 is 2.29 bits per heavy atom. The molecule has 0 spiro atoms. The molecule has 3 heteroatoms. The maximum absolute atomic E-state index is 5.69. The predicted molar refractivity (Wildman–Crippen MR) is 71.6 cm³/mol. The van der Waals surface area contributed by atoms with E-state index in [4.69, 9.17) is 10.5 Å². The Morgan fingerprint density at radius 3 is 2.94 bits per heavy atom. The summed E-state index contributed by atoms with van der Waals surface area (Å²) in [5, 5.41) is 0. The fourth-order valence-corrected chi connectivity index (χ4v) is 2.52. The standard InChI is InChI=1S/C14H22N2O/c1-11-3-4-14(12(9-11)5-7-15)16-8-6-13(10-16)17-2/h3-4,9,13H,5-8,10,15H2,1-2H3. The Balaban J connectivity index is 2.19. The molecular weight excluding hydrogens is 212 g/mol. The Bertz CT molecular complexity index is 378. The molecule has 1 fully saturated rings. The van der Waals surface area contributed by atoms with Crippen molar-refractivity contribution in [3.8, 4) is 0 Å². The molecule has 1 atom stereocenters. The van der Waals surface area contributed by atoms with E-state index in [1.54, 1.807) is 7.11 Å². The van der Waals surface area contributed by atoms with Gasteiger partial charge in [0.1, 0.15) is 0 Å². The first kappa shape index (κ1) is 12.4. The van der Waals surface area contributed by atoms with E-state index in [9.17, 15) is 0 Å². The maximum atomic E-state index is 5.69. The largest absolute Gasteiger partial charge is 0.380 e. The molecule has 0 aliphatic carbocycles. The van der Waals surface area contributed by atoms with Gasteiger partial charge < -0.3 is 15.4 Å². The molecule has 1 heterocycles. The molecule has 1 aliphatic heterocycles. The van der Waals surface area contributed by atoms with Gasteiger partial charge >= 0.3 is 0 Å². The second-order valence-corrected chi connectivity index (χ2v) is 4.76. The van der Waals surface area contributed by atoms with Crippen LogP contribution in [0.5, 0.6) is 0 Å². The van der Waals surface area contributed by atoms with E-state index in [1.165, 1.54) is 16.8 Å². The summed E-state index contributed by atoms with van der Waals surface area (Å²) in [6.07, 6.45) is 2.44. The van der Waals surface area contributed by atoms with Crippen molar-refractivity contribution in [1.29, 1.82) is 0 Å². The lowest BCUT2D eigenvalue weighted by atomic mass is 10.1. The molecule has 1 unspecified atom stereocenters. The van der Waals surface area contributed by atoms with Crippen LogP contribution in [0.2, 0.25) is 0 Å². The summed E-state index contributed by atoms with van der Waals surface area (Å²) >= 11 is 0. The number of rotatable bonds is 4. The molecule has 0 aromatic heterocycles. The number of methoxy groups -OCH3 is 1. The van der Waals surface area contributed by atoms with Gasteiger partial charge in [-0.1, -0.05) is 17.7 Å². The van der Waals surface area contributed by atoms with E-state index in [-0.39, 0.29) is 0 Å². The van der Waals surface area contributed by atoms with Crippen molar-refractivity contribution in [3.63, 3.8) is 0 Å². The first-order chi connectivity index (χ1) is 8.24. The van der Waals surface area contributed by atoms with Crippen LogP contribution in [0.3, 0.4) is 0 Å². The average Bonchev–Trinajstić information content (AvgIpc) is 2.78. The monoisotopic (exact) mass is 234 g/mol. The fraction of sp³-hybridized carbons (Fsp3) is 0.571. The number of benzene rings is 1. The molecular formula is C14H22N2O. The zero-order valence-electron chi connectivity index (χ0n) is 10.8. The molecule has 0 saturated carbocycles. The molecule has 0 amide bonds. The van der Waals surface area contributed by atoms with E-state index < -0.39 is 0 Å². The molecule has 0 bridgehead atoms. The molecule has 2 N–H and O–H groups in total. The zero-order chi connectivity index (χ0) is 12.3. The number of nitrogens with two attached hydrogens (primary N) is 1. The van der Waals surface area contributed by atoms with E-state index >= 15 is 0 Å². The van der Waals surface area contributed by atoms with Gasteiger partial charge in [-0.3, -0.25) is 0 Å². The topological polar surface area (TPSA) is 38.5 Å². The van der Waals surface area contributed by atoms with Crippen molar-refractivity contribution < 1.29 is 4.74 Å². The van der Waals surface area contributed by atoms with Gasteiger partial charge in [0.05, 0.1) is 6.10 Å². The van der Waals surface area contributed by atoms with Gasteiger partial charge in [0.2, 0.25) is 0 Å². The summed E-state index contributed by atoms with van der Waals surface area (Å²) in [4.78, 5) is 2.42. The molecule has 0 radical (unpaired) electrons. The second kappa shape index (κ2) is 5.52. The van der Waals surface area contributed by atoms with Crippen LogP contribution in [0.4, 0.5) is 5.69 Å². The summed E-state index contributed by atoms with van der Waals surface area (Å²) in [7, 11) is 1.80. The van der Waals surface area contributed by atoms with Crippen LogP contribution < -0.4 is 10.6 Å². The smallest absolute Gasteiger partial charge is 0.0762 e. The minimum absolute atomic E-state index is 0.377. The SMILES string of the molecule is COC1CCN(c2ccc(C)cc2CCN)C1. The molecule has 17 heavy (non-hydrogen) atoms. The van der Waals surface area contributed by atoms with Gasteiger partial charge in [0.25, 0.3) is 0 Å². The number of ether oxygens (including phenoxy) is 1. The van der Waals surface area contributed by atoms with Crippen LogP contribution in [0, 0.1) is 6.92 Å². The zero-order valence-corrected chi connectivity index (χ0v) is 10.8. The quantitative estimate of drug-likeness (QED) is 0.862. The van der Waals surface area contributed by atoms with Crippen molar-refractivity contribution in [3.05, 3.63) is 29.3 Å². The minimum atomic E-state index is 0.377. The van der Waals surface area contributed by atoms with Crippen LogP contribution in [-0.4, -0.2) is 32.8 Å². The molecule has 1 aromatic carbocycles. The summed E-state index contributed by atoms with van der Waals surface area (Å²) in [6.45, 7) is 4.92. The van der Waals surface area contributed by atoms with Crippen LogP contribution in [0.1, 0.15) is 17.5 Å². The van der Waals surface area contributed by atoms with Crippen molar-refractivity contribution in [2.24, 2.45) is 5.73 Å². The first-order valence-corrected chi connectivity index (χ1v) is 6.32. The fourth-order valence-electron chi connectivity index (χ4n) is 2.52. The molecule has 1 aliphatic rings. The molecule has 2 rings (SSSR count). The lowest BCUT2D eigenvalue weighted by Crippen LogP contribution is -2.23. The Labute approximate surface area is 104 Å². The van der Waals surface area contributed by atoms with Crippen molar-refractivity contribution >= 4 is 5.69 Å². The molecule has 3 nitrogen and oxygen atoms in total. The summed E-state index contributed by atoms with van der Waals surface area (Å²) in [6, 6.07) is 6.65. The molecule has 94 valence electrons. The van der Waals surface area contributed by atoms with Crippen LogP contribution >= 0.6 is 0 Å². The third-order valence-corrected chi connectivity index (χ3v) is 3.47. The summed E-state index contributed by atoms with van der Waals surface area (Å²) in [5.41, 5.74) is 9.69. The average molecular weight is 234 g/mol. The highest BCUT2D eigenvalue weighted by Gasteiger charge is 2.23. The van der Waals surface area contributed by atoms with Crippen LogP contribution in [0.15, 0.2) is 18.2 Å². The van der Waals surface area contributed by atoms with Gasteiger partial charge in [-0.2, -0.15) is 0 Å². The third kappa shape index (κ3) is 2.79. The third-order valence-electron chi connectivity index (χ3n) is 3.47. The highest BCUT2D eigenvalue weighted by atomic mass is 16.5. The lowest BCUT2D eigenvalue weighted by molar-refractivity contribution is 0.121. The Morgan fingerprint density at radius 1 is 1.47 bits per heavy atom. The predicted octanol–water partition coefficient (Wildman–Crippen LogP) is 1.72. The van der Waals surface area contributed by atoms with Crippen molar-refractivity contribution in [2.75, 3.05) is 31.6 Å². The highest BCUT2D eigenvalue weighted by Crippen LogP contribution is 2.26. The summed E-state index contributed by atoms with van der Waals surface area (Å²) in [5.74, 6) is 0. The van der Waals surface area contributed by atoms with E-state index in [0.717, 1.165) is 25.9 Å². The van der Waals surface area contributed by atoms with Crippen LogP contribution in [-0.2, 0) is 11.2 Å². The van der Waals surface area contributed by atoms with Gasteiger partial charge in [-0.15, -0.1) is 0 Å². The Kier molecular flexibility index (Phi) is 4.02. The number of hydrogen-bond acceptors (Lipinski definition) is 3. The van der Waals surface area contributed by atoms with Gasteiger partial charge in [-0.25, -0.2) is 0 Å². The van der Waals surface area contributed by atoms with Crippen molar-refractivity contribution in [2.45, 2.75) is 25.9 Å².